The van der Waals surface area contributed by atoms with Gasteiger partial charge in [0.15, 0.2) is 5.82 Å². The zero-order valence-corrected chi connectivity index (χ0v) is 15.3. The first-order chi connectivity index (χ1) is 13.2. The first-order valence-corrected chi connectivity index (χ1v) is 9.61. The van der Waals surface area contributed by atoms with Crippen LogP contribution in [0.1, 0.15) is 49.5 Å². The summed E-state index contributed by atoms with van der Waals surface area (Å²) in [7, 11) is 0. The topological polar surface area (TPSA) is 95.1 Å². The van der Waals surface area contributed by atoms with Gasteiger partial charge in [0.2, 0.25) is 11.8 Å². The smallest absolute Gasteiger partial charge is 0.246 e. The summed E-state index contributed by atoms with van der Waals surface area (Å²) in [6.07, 6.45) is 4.48. The molecule has 2 aliphatic rings. The maximum atomic E-state index is 13.2. The highest BCUT2D eigenvalue weighted by Crippen LogP contribution is 2.32. The molecule has 0 spiro atoms. The van der Waals surface area contributed by atoms with E-state index in [4.69, 9.17) is 0 Å². The van der Waals surface area contributed by atoms with Crippen LogP contribution in [-0.2, 0) is 16.0 Å². The van der Waals surface area contributed by atoms with Crippen LogP contribution in [0.3, 0.4) is 0 Å². The first-order valence-electron chi connectivity index (χ1n) is 9.61. The van der Waals surface area contributed by atoms with Gasteiger partial charge in [0.05, 0.1) is 6.04 Å². The van der Waals surface area contributed by atoms with Crippen molar-refractivity contribution in [2.45, 2.75) is 50.6 Å². The fourth-order valence-electron chi connectivity index (χ4n) is 4.16. The van der Waals surface area contributed by atoms with E-state index in [9.17, 15) is 9.59 Å². The minimum absolute atomic E-state index is 0.0212. The Morgan fingerprint density at radius 1 is 1.07 bits per heavy atom. The summed E-state index contributed by atoms with van der Waals surface area (Å²) >= 11 is 0. The lowest BCUT2D eigenvalue weighted by atomic mass is 10.1. The van der Waals surface area contributed by atoms with Crippen LogP contribution >= 0.6 is 0 Å². The number of carbonyl (C=O) groups is 2. The summed E-state index contributed by atoms with van der Waals surface area (Å²) in [4.78, 5) is 29.6. The molecule has 0 bridgehead atoms. The molecule has 1 N–H and O–H groups in total. The molecule has 4 rings (SSSR count). The van der Waals surface area contributed by atoms with Crippen molar-refractivity contribution < 1.29 is 9.59 Å². The SMILES string of the molecule is O=C(CCc1ccccc1)N1CCC[C@H]1C(=O)N1CCC[C@H]1c1nn[nH]n1. The molecule has 1 aromatic heterocycles. The summed E-state index contributed by atoms with van der Waals surface area (Å²) in [5.74, 6) is 0.638. The monoisotopic (exact) mass is 368 g/mol. The molecule has 2 aliphatic heterocycles. The zero-order valence-electron chi connectivity index (χ0n) is 15.3. The molecule has 2 saturated heterocycles. The number of carbonyl (C=O) groups excluding carboxylic acids is 2. The summed E-state index contributed by atoms with van der Waals surface area (Å²) in [5.41, 5.74) is 1.14. The van der Waals surface area contributed by atoms with Crippen LogP contribution in [0.5, 0.6) is 0 Å². The molecule has 2 amide bonds. The minimum Gasteiger partial charge on any atom is -0.331 e. The molecule has 0 saturated carbocycles. The second-order valence-electron chi connectivity index (χ2n) is 7.19. The number of hydrogen-bond donors (Lipinski definition) is 1. The average molecular weight is 368 g/mol. The van der Waals surface area contributed by atoms with E-state index in [1.807, 2.05) is 35.2 Å². The van der Waals surface area contributed by atoms with Gasteiger partial charge in [-0.25, -0.2) is 0 Å². The van der Waals surface area contributed by atoms with Crippen LogP contribution in [0.4, 0.5) is 0 Å². The number of nitrogens with one attached hydrogen (secondary N) is 1. The molecule has 0 radical (unpaired) electrons. The number of aryl methyl sites for hydroxylation is 1. The molecule has 2 atom stereocenters. The van der Waals surface area contributed by atoms with Crippen molar-refractivity contribution in [3.63, 3.8) is 0 Å². The van der Waals surface area contributed by atoms with Gasteiger partial charge in [0.25, 0.3) is 0 Å². The number of likely N-dealkylation sites (tertiary alicyclic amines) is 2. The van der Waals surface area contributed by atoms with Gasteiger partial charge in [-0.3, -0.25) is 9.59 Å². The van der Waals surface area contributed by atoms with Crippen LogP contribution in [0, 0.1) is 0 Å². The van der Waals surface area contributed by atoms with E-state index < -0.39 is 0 Å². The van der Waals surface area contributed by atoms with Crippen LogP contribution in [0.15, 0.2) is 30.3 Å². The quantitative estimate of drug-likeness (QED) is 0.863. The third-order valence-corrected chi connectivity index (χ3v) is 5.52. The summed E-state index contributed by atoms with van der Waals surface area (Å²) in [5, 5.41) is 14.2. The molecule has 142 valence electrons. The molecule has 27 heavy (non-hydrogen) atoms. The number of nitrogens with zero attached hydrogens (tertiary/aromatic N) is 5. The number of aromatic amines is 1. The Kier molecular flexibility index (Phi) is 5.13. The predicted molar refractivity (Wildman–Crippen MR) is 97.4 cm³/mol. The van der Waals surface area contributed by atoms with Crippen molar-refractivity contribution in [3.05, 3.63) is 41.7 Å². The Bertz CT molecular complexity index is 779. The van der Waals surface area contributed by atoms with Gasteiger partial charge in [-0.05, 0) is 37.7 Å². The largest absolute Gasteiger partial charge is 0.331 e. The molecule has 0 unspecified atom stereocenters. The molecule has 2 fully saturated rings. The number of aromatic nitrogens is 4. The number of hydrogen-bond acceptors (Lipinski definition) is 5. The zero-order chi connectivity index (χ0) is 18.6. The van der Waals surface area contributed by atoms with E-state index in [-0.39, 0.29) is 23.9 Å². The molecule has 3 heterocycles. The molecular formula is C19H24N6O2. The highest BCUT2D eigenvalue weighted by molar-refractivity contribution is 5.88. The van der Waals surface area contributed by atoms with Crippen molar-refractivity contribution in [3.8, 4) is 0 Å². The van der Waals surface area contributed by atoms with E-state index in [2.05, 4.69) is 20.6 Å². The molecular weight excluding hydrogens is 344 g/mol. The predicted octanol–water partition coefficient (Wildman–Crippen LogP) is 1.49. The Balaban J connectivity index is 1.41. The maximum absolute atomic E-state index is 13.2. The number of tetrazole rings is 1. The molecule has 2 aromatic rings. The number of benzene rings is 1. The number of H-pyrrole nitrogens is 1. The van der Waals surface area contributed by atoms with Crippen LogP contribution in [0.25, 0.3) is 0 Å². The van der Waals surface area contributed by atoms with Gasteiger partial charge in [0.1, 0.15) is 6.04 Å². The van der Waals surface area contributed by atoms with Crippen molar-refractivity contribution in [2.75, 3.05) is 13.1 Å². The lowest BCUT2D eigenvalue weighted by Crippen LogP contribution is -2.47. The summed E-state index contributed by atoms with van der Waals surface area (Å²) in [6.45, 7) is 1.34. The molecule has 8 heteroatoms. The van der Waals surface area contributed by atoms with Gasteiger partial charge >= 0.3 is 0 Å². The van der Waals surface area contributed by atoms with Crippen LogP contribution < -0.4 is 0 Å². The normalized spacial score (nSPS) is 22.4. The highest BCUT2D eigenvalue weighted by atomic mass is 16.2. The maximum Gasteiger partial charge on any atom is 0.246 e. The molecule has 0 aliphatic carbocycles. The van der Waals surface area contributed by atoms with E-state index >= 15 is 0 Å². The Morgan fingerprint density at radius 2 is 1.85 bits per heavy atom. The Morgan fingerprint density at radius 3 is 2.63 bits per heavy atom. The first kappa shape index (κ1) is 17.6. The molecule has 8 nitrogen and oxygen atoms in total. The van der Waals surface area contributed by atoms with Crippen LogP contribution in [-0.4, -0.2) is 61.4 Å². The molecule has 1 aromatic carbocycles. The Hall–Kier alpha value is -2.77. The fraction of sp³-hybridized carbons (Fsp3) is 0.526. The number of rotatable bonds is 5. The second-order valence-corrected chi connectivity index (χ2v) is 7.19. The van der Waals surface area contributed by atoms with Gasteiger partial charge in [-0.2, -0.15) is 5.21 Å². The third-order valence-electron chi connectivity index (χ3n) is 5.52. The number of amides is 2. The summed E-state index contributed by atoms with van der Waals surface area (Å²) < 4.78 is 0. The lowest BCUT2D eigenvalue weighted by Gasteiger charge is -2.30. The van der Waals surface area contributed by atoms with Gasteiger partial charge in [-0.1, -0.05) is 35.5 Å². The standard InChI is InChI=1S/C19H24N6O2/c26-17(11-10-14-6-2-1-3-7-14)24-12-5-9-16(24)19(27)25-13-4-8-15(25)18-20-22-23-21-18/h1-3,6-7,15-16H,4-5,8-13H2,(H,20,21,22,23)/t15-,16-/m0/s1. The van der Waals surface area contributed by atoms with Gasteiger partial charge in [0, 0.05) is 19.5 Å². The Labute approximate surface area is 157 Å². The van der Waals surface area contributed by atoms with Crippen molar-refractivity contribution in [1.82, 2.24) is 30.4 Å². The van der Waals surface area contributed by atoms with Crippen molar-refractivity contribution in [1.29, 1.82) is 0 Å². The van der Waals surface area contributed by atoms with E-state index in [1.165, 1.54) is 0 Å². The van der Waals surface area contributed by atoms with Crippen LogP contribution in [0.2, 0.25) is 0 Å². The highest BCUT2D eigenvalue weighted by Gasteiger charge is 2.41. The lowest BCUT2D eigenvalue weighted by molar-refractivity contribution is -0.144. The van der Waals surface area contributed by atoms with E-state index in [0.717, 1.165) is 31.2 Å². The third kappa shape index (κ3) is 3.70. The second kappa shape index (κ2) is 7.85. The van der Waals surface area contributed by atoms with E-state index in [0.29, 0.717) is 31.8 Å². The summed E-state index contributed by atoms with van der Waals surface area (Å²) in [6, 6.07) is 9.48. The van der Waals surface area contributed by atoms with E-state index in [1.54, 1.807) is 4.90 Å². The van der Waals surface area contributed by atoms with Crippen molar-refractivity contribution >= 4 is 11.8 Å². The fourth-order valence-corrected chi connectivity index (χ4v) is 4.16. The average Bonchev–Trinajstić information content (AvgIpc) is 3.46. The van der Waals surface area contributed by atoms with Crippen molar-refractivity contribution in [2.24, 2.45) is 0 Å². The van der Waals surface area contributed by atoms with Gasteiger partial charge < -0.3 is 9.80 Å². The van der Waals surface area contributed by atoms with Gasteiger partial charge in [-0.15, -0.1) is 10.2 Å². The minimum atomic E-state index is -0.360.